The molecule has 0 bridgehead atoms. The van der Waals surface area contributed by atoms with Gasteiger partial charge < -0.3 is 4.90 Å². The van der Waals surface area contributed by atoms with Crippen LogP contribution in [0.1, 0.15) is 19.3 Å². The second-order valence-corrected chi connectivity index (χ2v) is 4.10. The Kier molecular flexibility index (Phi) is 1.92. The molecule has 2 rings (SSSR count). The van der Waals surface area contributed by atoms with Gasteiger partial charge in [-0.15, -0.1) is 0 Å². The maximum Gasteiger partial charge on any atom is 0.331 e. The van der Waals surface area contributed by atoms with Crippen molar-refractivity contribution in [2.75, 3.05) is 13.1 Å². The first kappa shape index (κ1) is 9.64. The summed E-state index contributed by atoms with van der Waals surface area (Å²) in [6, 6.07) is -0.385. The Bertz CT molecular complexity index is 261. The van der Waals surface area contributed by atoms with E-state index in [9.17, 15) is 13.6 Å². The van der Waals surface area contributed by atoms with Crippen LogP contribution in [-0.2, 0) is 0 Å². The van der Waals surface area contributed by atoms with Crippen molar-refractivity contribution in [1.82, 2.24) is 10.3 Å². The van der Waals surface area contributed by atoms with Crippen molar-refractivity contribution in [3.05, 3.63) is 0 Å². The predicted octanol–water partition coefficient (Wildman–Crippen LogP) is 0.691. The zero-order chi connectivity index (χ0) is 10.4. The van der Waals surface area contributed by atoms with E-state index >= 15 is 0 Å². The average molecular weight is 205 g/mol. The molecule has 1 spiro atoms. The van der Waals surface area contributed by atoms with Crippen molar-refractivity contribution >= 4 is 6.03 Å². The summed E-state index contributed by atoms with van der Waals surface area (Å²) in [4.78, 5) is 12.5. The van der Waals surface area contributed by atoms with Crippen LogP contribution in [0.25, 0.3) is 0 Å². The first-order valence-corrected chi connectivity index (χ1v) is 4.64. The number of likely N-dealkylation sites (tertiary alicyclic amines) is 1. The topological polar surface area (TPSA) is 58.4 Å². The second-order valence-electron chi connectivity index (χ2n) is 4.10. The van der Waals surface area contributed by atoms with Crippen molar-refractivity contribution in [3.8, 4) is 0 Å². The van der Waals surface area contributed by atoms with Gasteiger partial charge in [0.1, 0.15) is 0 Å². The van der Waals surface area contributed by atoms with E-state index in [0.29, 0.717) is 25.9 Å². The van der Waals surface area contributed by atoms with Crippen LogP contribution in [0, 0.1) is 5.41 Å². The summed E-state index contributed by atoms with van der Waals surface area (Å²) in [5, 5.41) is 0. The number of halogens is 2. The molecule has 0 aromatic heterocycles. The number of rotatable bonds is 0. The fourth-order valence-electron chi connectivity index (χ4n) is 2.15. The van der Waals surface area contributed by atoms with Crippen LogP contribution in [0.3, 0.4) is 0 Å². The van der Waals surface area contributed by atoms with Crippen LogP contribution < -0.4 is 11.3 Å². The molecule has 2 amide bonds. The zero-order valence-electron chi connectivity index (χ0n) is 7.72. The van der Waals surface area contributed by atoms with Gasteiger partial charge in [0, 0.05) is 24.9 Å². The third-order valence-electron chi connectivity index (χ3n) is 3.34. The van der Waals surface area contributed by atoms with Crippen molar-refractivity contribution in [2.45, 2.75) is 25.2 Å². The van der Waals surface area contributed by atoms with Crippen LogP contribution in [0.2, 0.25) is 0 Å². The predicted molar refractivity (Wildman–Crippen MR) is 45.5 cm³/mol. The van der Waals surface area contributed by atoms with Gasteiger partial charge in [0.05, 0.1) is 0 Å². The molecular formula is C8H13F2N3O. The molecule has 2 fully saturated rings. The van der Waals surface area contributed by atoms with Gasteiger partial charge in [-0.3, -0.25) is 5.43 Å². The number of hydrazine groups is 1. The summed E-state index contributed by atoms with van der Waals surface area (Å²) in [7, 11) is 0. The lowest BCUT2D eigenvalue weighted by atomic mass is 9.93. The van der Waals surface area contributed by atoms with Crippen LogP contribution in [0.4, 0.5) is 13.6 Å². The largest absolute Gasteiger partial charge is 0.331 e. The van der Waals surface area contributed by atoms with E-state index in [0.717, 1.165) is 0 Å². The number of carbonyl (C=O) groups is 1. The molecule has 4 nitrogen and oxygen atoms in total. The number of piperidine rings is 1. The van der Waals surface area contributed by atoms with Crippen molar-refractivity contribution in [1.29, 1.82) is 0 Å². The Hall–Kier alpha value is -0.910. The molecule has 0 aromatic rings. The first-order valence-electron chi connectivity index (χ1n) is 4.64. The molecule has 14 heavy (non-hydrogen) atoms. The van der Waals surface area contributed by atoms with Gasteiger partial charge in [-0.1, -0.05) is 0 Å². The number of nitrogens with two attached hydrogens (primary N) is 1. The van der Waals surface area contributed by atoms with Gasteiger partial charge in [0.15, 0.2) is 0 Å². The fourth-order valence-corrected chi connectivity index (χ4v) is 2.15. The Morgan fingerprint density at radius 3 is 2.21 bits per heavy atom. The van der Waals surface area contributed by atoms with Gasteiger partial charge in [0.2, 0.25) is 0 Å². The number of hydrogen-bond donors (Lipinski definition) is 2. The summed E-state index contributed by atoms with van der Waals surface area (Å²) in [6.45, 7) is 0.747. The third kappa shape index (κ3) is 1.25. The molecule has 1 aliphatic carbocycles. The van der Waals surface area contributed by atoms with Gasteiger partial charge in [-0.05, 0) is 12.8 Å². The molecule has 0 aromatic carbocycles. The molecule has 80 valence electrons. The third-order valence-corrected chi connectivity index (χ3v) is 3.34. The molecule has 0 atom stereocenters. The van der Waals surface area contributed by atoms with E-state index in [1.165, 1.54) is 4.90 Å². The molecule has 1 saturated carbocycles. The Morgan fingerprint density at radius 1 is 1.36 bits per heavy atom. The average Bonchev–Trinajstić information content (AvgIpc) is 2.68. The van der Waals surface area contributed by atoms with E-state index in [4.69, 9.17) is 5.84 Å². The van der Waals surface area contributed by atoms with Crippen LogP contribution >= 0.6 is 0 Å². The Morgan fingerprint density at radius 2 is 1.86 bits per heavy atom. The molecule has 6 heteroatoms. The minimum absolute atomic E-state index is 0.0158. The second kappa shape index (κ2) is 2.79. The molecule has 1 aliphatic heterocycles. The molecule has 2 aliphatic rings. The maximum atomic E-state index is 12.9. The fraction of sp³-hybridized carbons (Fsp3) is 0.875. The number of nitrogens with zero attached hydrogens (tertiary/aromatic N) is 1. The number of nitrogens with one attached hydrogen (secondary N) is 1. The molecule has 1 saturated heterocycles. The summed E-state index contributed by atoms with van der Waals surface area (Å²) in [5.74, 6) is 2.45. The number of hydrogen-bond acceptors (Lipinski definition) is 2. The highest BCUT2D eigenvalue weighted by Crippen LogP contribution is 2.65. The quantitative estimate of drug-likeness (QED) is 0.347. The lowest BCUT2D eigenvalue weighted by Gasteiger charge is -2.31. The highest BCUT2D eigenvalue weighted by molar-refractivity contribution is 5.73. The van der Waals surface area contributed by atoms with E-state index in [-0.39, 0.29) is 12.5 Å². The number of urea groups is 1. The lowest BCUT2D eigenvalue weighted by molar-refractivity contribution is 0.0370. The lowest BCUT2D eigenvalue weighted by Crippen LogP contribution is -2.47. The highest BCUT2D eigenvalue weighted by Gasteiger charge is 2.70. The van der Waals surface area contributed by atoms with Crippen LogP contribution in [0.15, 0.2) is 0 Å². The van der Waals surface area contributed by atoms with Crippen molar-refractivity contribution in [3.63, 3.8) is 0 Å². The number of alkyl halides is 2. The summed E-state index contributed by atoms with van der Waals surface area (Å²) >= 11 is 0. The standard InChI is InChI=1S/C8H13F2N3O/c9-8(10)5-7(8)1-3-13(4-2-7)6(14)12-11/h1-5,11H2,(H,12,14). The first-order chi connectivity index (χ1) is 6.51. The molecule has 1 heterocycles. The number of amides is 2. The number of carbonyl (C=O) groups excluding carboxylic acids is 1. The van der Waals surface area contributed by atoms with Crippen LogP contribution in [-0.4, -0.2) is 29.9 Å². The Labute approximate surface area is 80.4 Å². The molecule has 0 radical (unpaired) electrons. The molecular weight excluding hydrogens is 192 g/mol. The SMILES string of the molecule is NNC(=O)N1CCC2(CC1)CC2(F)F. The van der Waals surface area contributed by atoms with Gasteiger partial charge in [-0.25, -0.2) is 19.4 Å². The van der Waals surface area contributed by atoms with E-state index in [1.807, 2.05) is 5.43 Å². The van der Waals surface area contributed by atoms with E-state index in [1.54, 1.807) is 0 Å². The van der Waals surface area contributed by atoms with Crippen molar-refractivity contribution in [2.24, 2.45) is 11.3 Å². The summed E-state index contributed by atoms with van der Waals surface area (Å²) in [5.41, 5.74) is 1.20. The normalized spacial score (nSPS) is 27.5. The van der Waals surface area contributed by atoms with Gasteiger partial charge in [-0.2, -0.15) is 0 Å². The summed E-state index contributed by atoms with van der Waals surface area (Å²) < 4.78 is 25.9. The molecule has 3 N–H and O–H groups in total. The van der Waals surface area contributed by atoms with Gasteiger partial charge >= 0.3 is 6.03 Å². The molecule has 0 unspecified atom stereocenters. The summed E-state index contributed by atoms with van der Waals surface area (Å²) in [6.07, 6.45) is 0.749. The zero-order valence-corrected chi connectivity index (χ0v) is 7.72. The van der Waals surface area contributed by atoms with Crippen molar-refractivity contribution < 1.29 is 13.6 Å². The highest BCUT2D eigenvalue weighted by atomic mass is 19.3. The Balaban J connectivity index is 1.91. The van der Waals surface area contributed by atoms with Gasteiger partial charge in [0.25, 0.3) is 5.92 Å². The maximum absolute atomic E-state index is 12.9. The van der Waals surface area contributed by atoms with Crippen LogP contribution in [0.5, 0.6) is 0 Å². The minimum atomic E-state index is -2.50. The smallest absolute Gasteiger partial charge is 0.324 e. The van der Waals surface area contributed by atoms with E-state index < -0.39 is 11.3 Å². The monoisotopic (exact) mass is 205 g/mol. The minimum Gasteiger partial charge on any atom is -0.324 e. The van der Waals surface area contributed by atoms with E-state index in [2.05, 4.69) is 0 Å².